The van der Waals surface area contributed by atoms with Crippen molar-refractivity contribution in [3.8, 4) is 0 Å². The Morgan fingerprint density at radius 2 is 2.08 bits per heavy atom. The number of H-pyrrole nitrogens is 1. The molecule has 2 aromatic heterocycles. The van der Waals surface area contributed by atoms with Gasteiger partial charge < -0.3 is 10.3 Å². The number of imide groups is 1. The first-order chi connectivity index (χ1) is 11.9. The van der Waals surface area contributed by atoms with Crippen molar-refractivity contribution in [3.05, 3.63) is 20.8 Å². The van der Waals surface area contributed by atoms with E-state index in [0.29, 0.717) is 10.5 Å². The summed E-state index contributed by atoms with van der Waals surface area (Å²) in [5.74, 6) is -0.429. The zero-order valence-electron chi connectivity index (χ0n) is 14.1. The van der Waals surface area contributed by atoms with Gasteiger partial charge in [-0.3, -0.25) is 14.9 Å². The number of aromatic amines is 1. The van der Waals surface area contributed by atoms with Crippen LogP contribution < -0.4 is 16.2 Å². The first-order valence-electron chi connectivity index (χ1n) is 8.21. The Kier molecular flexibility index (Phi) is 5.43. The van der Waals surface area contributed by atoms with Gasteiger partial charge in [0.05, 0.1) is 11.1 Å². The molecule has 0 atom stereocenters. The predicted octanol–water partition coefficient (Wildman–Crippen LogP) is 2.19. The molecule has 0 unspecified atom stereocenters. The Morgan fingerprint density at radius 1 is 1.32 bits per heavy atom. The quantitative estimate of drug-likeness (QED) is 0.557. The average Bonchev–Trinajstić information content (AvgIpc) is 2.90. The summed E-state index contributed by atoms with van der Waals surface area (Å²) < 4.78 is 0. The number of urea groups is 1. The maximum Gasteiger partial charge on any atom is 0.321 e. The number of hydrogen-bond acceptors (Lipinski definition) is 6. The van der Waals surface area contributed by atoms with Gasteiger partial charge in [-0.1, -0.05) is 11.8 Å². The summed E-state index contributed by atoms with van der Waals surface area (Å²) in [6, 6.07) is -0.575. The first kappa shape index (κ1) is 17.9. The summed E-state index contributed by atoms with van der Waals surface area (Å²) in [6.45, 7) is 3.62. The van der Waals surface area contributed by atoms with E-state index in [9.17, 15) is 14.4 Å². The van der Waals surface area contributed by atoms with E-state index in [-0.39, 0.29) is 17.4 Å². The van der Waals surface area contributed by atoms with E-state index in [0.717, 1.165) is 47.8 Å². The molecule has 0 aliphatic heterocycles. The number of carbonyl (C=O) groups excluding carboxylic acids is 2. The summed E-state index contributed by atoms with van der Waals surface area (Å²) in [6.07, 6.45) is 4.19. The Hall–Kier alpha value is -1.87. The normalized spacial score (nSPS) is 13.7. The van der Waals surface area contributed by atoms with Crippen LogP contribution in [0, 0.1) is 0 Å². The lowest BCUT2D eigenvalue weighted by Gasteiger charge is -2.09. The molecule has 0 aromatic carbocycles. The Labute approximate surface area is 153 Å². The van der Waals surface area contributed by atoms with Gasteiger partial charge in [-0.25, -0.2) is 9.78 Å². The van der Waals surface area contributed by atoms with Gasteiger partial charge in [0.2, 0.25) is 5.91 Å². The van der Waals surface area contributed by atoms with Gasteiger partial charge in [0.15, 0.2) is 5.16 Å². The van der Waals surface area contributed by atoms with Crippen molar-refractivity contribution in [3.63, 3.8) is 0 Å². The van der Waals surface area contributed by atoms with E-state index in [2.05, 4.69) is 20.6 Å². The fourth-order valence-corrected chi connectivity index (χ4v) is 4.79. The lowest BCUT2D eigenvalue weighted by Crippen LogP contribution is -2.43. The molecule has 1 aliphatic carbocycles. The van der Waals surface area contributed by atoms with Gasteiger partial charge in [0.1, 0.15) is 4.83 Å². The van der Waals surface area contributed by atoms with Crippen molar-refractivity contribution in [2.45, 2.75) is 50.7 Å². The maximum absolute atomic E-state index is 12.4. The van der Waals surface area contributed by atoms with Crippen molar-refractivity contribution in [1.29, 1.82) is 0 Å². The van der Waals surface area contributed by atoms with E-state index >= 15 is 0 Å². The lowest BCUT2D eigenvalue weighted by atomic mass is 9.97. The predicted molar refractivity (Wildman–Crippen MR) is 99.4 cm³/mol. The monoisotopic (exact) mass is 380 g/mol. The van der Waals surface area contributed by atoms with Gasteiger partial charge in [0.25, 0.3) is 5.56 Å². The van der Waals surface area contributed by atoms with E-state index in [1.165, 1.54) is 4.88 Å². The Balaban J connectivity index is 1.69. The van der Waals surface area contributed by atoms with Crippen molar-refractivity contribution < 1.29 is 9.59 Å². The molecule has 3 rings (SSSR count). The topological polar surface area (TPSA) is 104 Å². The van der Waals surface area contributed by atoms with E-state index in [4.69, 9.17) is 0 Å². The third-order valence-electron chi connectivity index (χ3n) is 3.82. The molecule has 9 heteroatoms. The highest BCUT2D eigenvalue weighted by atomic mass is 32.2. The number of aromatic nitrogens is 2. The summed E-state index contributed by atoms with van der Waals surface area (Å²) in [4.78, 5) is 44.9. The molecule has 0 bridgehead atoms. The van der Waals surface area contributed by atoms with Gasteiger partial charge in [-0.2, -0.15) is 0 Å². The lowest BCUT2D eigenvalue weighted by molar-refractivity contribution is -0.117. The van der Waals surface area contributed by atoms with Gasteiger partial charge in [-0.15, -0.1) is 11.3 Å². The minimum absolute atomic E-state index is 0.00501. The fourth-order valence-electron chi connectivity index (χ4n) is 2.81. The number of aryl methyl sites for hydroxylation is 2. The van der Waals surface area contributed by atoms with Crippen molar-refractivity contribution in [2.24, 2.45) is 0 Å². The third-order valence-corrected chi connectivity index (χ3v) is 5.88. The fraction of sp³-hybridized carbons (Fsp3) is 0.500. The SMILES string of the molecule is CC(C)NC(=O)NC(=O)CSc1nc2sc3c(c2c(=O)[nH]1)CCCC3. The molecule has 25 heavy (non-hydrogen) atoms. The second kappa shape index (κ2) is 7.57. The van der Waals surface area contributed by atoms with E-state index in [1.54, 1.807) is 11.3 Å². The largest absolute Gasteiger partial charge is 0.336 e. The molecular formula is C16H20N4O3S2. The number of thiophene rings is 1. The van der Waals surface area contributed by atoms with Crippen LogP contribution in [0.3, 0.4) is 0 Å². The zero-order chi connectivity index (χ0) is 18.0. The van der Waals surface area contributed by atoms with E-state index in [1.807, 2.05) is 13.8 Å². The zero-order valence-corrected chi connectivity index (χ0v) is 15.7. The van der Waals surface area contributed by atoms with Crippen LogP contribution in [0.2, 0.25) is 0 Å². The molecule has 7 nitrogen and oxygen atoms in total. The summed E-state index contributed by atoms with van der Waals surface area (Å²) in [7, 11) is 0. The molecule has 0 spiro atoms. The van der Waals surface area contributed by atoms with Crippen LogP contribution in [0.4, 0.5) is 4.79 Å². The molecule has 3 amide bonds. The van der Waals surface area contributed by atoms with Gasteiger partial charge in [0, 0.05) is 10.9 Å². The standard InChI is InChI=1S/C16H20N4O3S2/c1-8(2)17-15(23)18-11(21)7-24-16-19-13(22)12-9-5-3-4-6-10(9)25-14(12)20-16/h8H,3-7H2,1-2H3,(H,19,20,22)(H2,17,18,21,23). The maximum atomic E-state index is 12.4. The molecular weight excluding hydrogens is 360 g/mol. The molecule has 1 aliphatic rings. The van der Waals surface area contributed by atoms with Crippen molar-refractivity contribution >= 4 is 45.3 Å². The van der Waals surface area contributed by atoms with Crippen molar-refractivity contribution in [1.82, 2.24) is 20.6 Å². The molecule has 0 radical (unpaired) electrons. The Morgan fingerprint density at radius 3 is 2.84 bits per heavy atom. The molecule has 0 fully saturated rings. The van der Waals surface area contributed by atoms with Crippen LogP contribution in [0.1, 0.15) is 37.1 Å². The number of hydrogen-bond donors (Lipinski definition) is 3. The second-order valence-electron chi connectivity index (χ2n) is 6.23. The average molecular weight is 380 g/mol. The van der Waals surface area contributed by atoms with Crippen LogP contribution >= 0.6 is 23.1 Å². The number of nitrogens with one attached hydrogen (secondary N) is 3. The highest BCUT2D eigenvalue weighted by Crippen LogP contribution is 2.34. The minimum Gasteiger partial charge on any atom is -0.336 e. The number of thioether (sulfide) groups is 1. The molecule has 2 heterocycles. The second-order valence-corrected chi connectivity index (χ2v) is 8.27. The molecule has 3 N–H and O–H groups in total. The highest BCUT2D eigenvalue weighted by molar-refractivity contribution is 7.99. The van der Waals surface area contributed by atoms with Crippen LogP contribution in [0.15, 0.2) is 9.95 Å². The number of amides is 3. The smallest absolute Gasteiger partial charge is 0.321 e. The molecule has 2 aromatic rings. The van der Waals surface area contributed by atoms with Gasteiger partial charge in [-0.05, 0) is 45.1 Å². The number of fused-ring (bicyclic) bond motifs is 3. The summed E-state index contributed by atoms with van der Waals surface area (Å²) >= 11 is 2.68. The van der Waals surface area contributed by atoms with Gasteiger partial charge >= 0.3 is 6.03 Å². The third kappa shape index (κ3) is 4.21. The number of rotatable bonds is 4. The summed E-state index contributed by atoms with van der Waals surface area (Å²) in [5, 5.41) is 5.92. The minimum atomic E-state index is -0.525. The van der Waals surface area contributed by atoms with Crippen LogP contribution in [-0.4, -0.2) is 33.7 Å². The summed E-state index contributed by atoms with van der Waals surface area (Å²) in [5.41, 5.74) is 0.990. The Bertz CT molecular complexity index is 872. The van der Waals surface area contributed by atoms with E-state index < -0.39 is 11.9 Å². The van der Waals surface area contributed by atoms with Crippen LogP contribution in [0.25, 0.3) is 10.2 Å². The van der Waals surface area contributed by atoms with Crippen molar-refractivity contribution in [2.75, 3.05) is 5.75 Å². The molecule has 0 saturated carbocycles. The number of carbonyl (C=O) groups is 2. The first-order valence-corrected chi connectivity index (χ1v) is 10.0. The molecule has 134 valence electrons. The molecule has 0 saturated heterocycles. The van der Waals surface area contributed by atoms with Crippen LogP contribution in [0.5, 0.6) is 0 Å². The number of nitrogens with zero attached hydrogens (tertiary/aromatic N) is 1. The van der Waals surface area contributed by atoms with Crippen LogP contribution in [-0.2, 0) is 17.6 Å². The highest BCUT2D eigenvalue weighted by Gasteiger charge is 2.20.